The summed E-state index contributed by atoms with van der Waals surface area (Å²) in [5.41, 5.74) is 0.653. The Hall–Kier alpha value is -0.570. The van der Waals surface area contributed by atoms with Gasteiger partial charge in [0.2, 0.25) is 0 Å². The molecule has 3 heteroatoms. The maximum absolute atomic E-state index is 10.7. The Kier molecular flexibility index (Phi) is 2.27. The van der Waals surface area contributed by atoms with Crippen LogP contribution in [0.15, 0.2) is 21.3 Å². The molecule has 54 valence electrons. The molecular formula is C7H7BrO2. The molecule has 0 radical (unpaired) electrons. The van der Waals surface area contributed by atoms with Gasteiger partial charge in [-0.05, 0) is 18.6 Å². The van der Waals surface area contributed by atoms with Crippen molar-refractivity contribution in [3.63, 3.8) is 0 Å². The van der Waals surface area contributed by atoms with E-state index in [-0.39, 0.29) is 5.63 Å². The van der Waals surface area contributed by atoms with E-state index in [4.69, 9.17) is 4.42 Å². The summed E-state index contributed by atoms with van der Waals surface area (Å²) in [5, 5.41) is 0.587. The first-order chi connectivity index (χ1) is 4.72. The molecule has 0 bridgehead atoms. The van der Waals surface area contributed by atoms with Gasteiger partial charge in [-0.1, -0.05) is 15.9 Å². The van der Waals surface area contributed by atoms with Crippen molar-refractivity contribution in [1.29, 1.82) is 0 Å². The molecule has 0 aromatic carbocycles. The molecule has 0 saturated heterocycles. The largest absolute Gasteiger partial charge is 0.427 e. The van der Waals surface area contributed by atoms with E-state index >= 15 is 0 Å². The molecule has 1 aromatic rings. The lowest BCUT2D eigenvalue weighted by atomic mass is 10.3. The normalized spacial score (nSPS) is 9.80. The smallest absolute Gasteiger partial charge is 0.336 e. The van der Waals surface area contributed by atoms with E-state index in [0.717, 1.165) is 5.56 Å². The molecule has 2 nitrogen and oxygen atoms in total. The van der Waals surface area contributed by atoms with Crippen LogP contribution in [0.1, 0.15) is 11.3 Å². The summed E-state index contributed by atoms with van der Waals surface area (Å²) in [6.45, 7) is 1.86. The van der Waals surface area contributed by atoms with Crippen LogP contribution in [0.3, 0.4) is 0 Å². The van der Waals surface area contributed by atoms with Crippen LogP contribution in [0.5, 0.6) is 0 Å². The van der Waals surface area contributed by atoms with Crippen LogP contribution < -0.4 is 5.63 Å². The molecule has 0 saturated carbocycles. The molecule has 0 fully saturated rings. The summed E-state index contributed by atoms with van der Waals surface area (Å²) < 4.78 is 4.80. The molecule has 0 unspecified atom stereocenters. The van der Waals surface area contributed by atoms with E-state index < -0.39 is 0 Å². The predicted molar refractivity (Wildman–Crippen MR) is 42.3 cm³/mol. The monoisotopic (exact) mass is 202 g/mol. The zero-order chi connectivity index (χ0) is 7.56. The molecule has 1 rings (SSSR count). The molecular weight excluding hydrogens is 196 g/mol. The van der Waals surface area contributed by atoms with Crippen LogP contribution in [-0.4, -0.2) is 0 Å². The summed E-state index contributed by atoms with van der Waals surface area (Å²) in [5.74, 6) is 0.671. The van der Waals surface area contributed by atoms with Gasteiger partial charge in [0.25, 0.3) is 0 Å². The van der Waals surface area contributed by atoms with Gasteiger partial charge in [0.05, 0.1) is 5.33 Å². The summed E-state index contributed by atoms with van der Waals surface area (Å²) in [4.78, 5) is 10.7. The maximum atomic E-state index is 10.7. The van der Waals surface area contributed by atoms with Gasteiger partial charge in [-0.15, -0.1) is 0 Å². The summed E-state index contributed by atoms with van der Waals surface area (Å²) in [6.07, 6.45) is 0. The van der Waals surface area contributed by atoms with Crippen LogP contribution >= 0.6 is 15.9 Å². The minimum atomic E-state index is -0.283. The Morgan fingerprint density at radius 1 is 1.60 bits per heavy atom. The molecule has 0 aliphatic heterocycles. The Morgan fingerprint density at radius 2 is 2.30 bits per heavy atom. The van der Waals surface area contributed by atoms with Gasteiger partial charge in [-0.2, -0.15) is 0 Å². The quantitative estimate of drug-likeness (QED) is 0.652. The van der Waals surface area contributed by atoms with Gasteiger partial charge < -0.3 is 4.42 Å². The van der Waals surface area contributed by atoms with Crippen LogP contribution in [0.25, 0.3) is 0 Å². The lowest BCUT2D eigenvalue weighted by Gasteiger charge is -1.93. The zero-order valence-electron chi connectivity index (χ0n) is 5.56. The highest BCUT2D eigenvalue weighted by Gasteiger charge is 1.94. The third kappa shape index (κ3) is 1.70. The van der Waals surface area contributed by atoms with Crippen molar-refractivity contribution in [2.45, 2.75) is 12.3 Å². The molecule has 0 N–H and O–H groups in total. The zero-order valence-corrected chi connectivity index (χ0v) is 7.14. The number of halogens is 1. The third-order valence-electron chi connectivity index (χ3n) is 1.10. The molecule has 0 amide bonds. The molecule has 0 aliphatic rings. The average molecular weight is 203 g/mol. The van der Waals surface area contributed by atoms with Gasteiger partial charge in [-0.3, -0.25) is 0 Å². The van der Waals surface area contributed by atoms with Crippen LogP contribution in [0.4, 0.5) is 0 Å². The highest BCUT2D eigenvalue weighted by molar-refractivity contribution is 9.08. The number of hydrogen-bond acceptors (Lipinski definition) is 2. The van der Waals surface area contributed by atoms with E-state index in [1.165, 1.54) is 6.07 Å². The SMILES string of the molecule is Cc1cc(CBr)oc(=O)c1. The van der Waals surface area contributed by atoms with Gasteiger partial charge >= 0.3 is 5.63 Å². The van der Waals surface area contributed by atoms with E-state index in [0.29, 0.717) is 11.1 Å². The number of alkyl halides is 1. The first-order valence-electron chi connectivity index (χ1n) is 2.89. The Balaban J connectivity index is 3.19. The van der Waals surface area contributed by atoms with Crippen LogP contribution in [0.2, 0.25) is 0 Å². The van der Waals surface area contributed by atoms with Crippen molar-refractivity contribution in [1.82, 2.24) is 0 Å². The molecule has 1 aromatic heterocycles. The summed E-state index contributed by atoms with van der Waals surface area (Å²) in [6, 6.07) is 3.29. The second-order valence-corrected chi connectivity index (χ2v) is 2.61. The molecule has 0 spiro atoms. The topological polar surface area (TPSA) is 30.2 Å². The lowest BCUT2D eigenvalue weighted by Crippen LogP contribution is -1.98. The standard InChI is InChI=1S/C7H7BrO2/c1-5-2-6(4-8)10-7(9)3-5/h2-3H,4H2,1H3. The Labute approximate surface area is 67.0 Å². The van der Waals surface area contributed by atoms with Crippen molar-refractivity contribution in [2.24, 2.45) is 0 Å². The second kappa shape index (κ2) is 3.01. The van der Waals surface area contributed by atoms with E-state index in [9.17, 15) is 4.79 Å². The molecule has 0 aliphatic carbocycles. The minimum absolute atomic E-state index is 0.283. The van der Waals surface area contributed by atoms with Crippen LogP contribution in [0, 0.1) is 6.92 Å². The molecule has 1 heterocycles. The Bertz CT molecular complexity index is 277. The number of aryl methyl sites for hydroxylation is 1. The van der Waals surface area contributed by atoms with E-state index in [2.05, 4.69) is 15.9 Å². The predicted octanol–water partition coefficient (Wildman–Crippen LogP) is 1.84. The Morgan fingerprint density at radius 3 is 2.80 bits per heavy atom. The maximum Gasteiger partial charge on any atom is 0.336 e. The number of rotatable bonds is 1. The molecule has 10 heavy (non-hydrogen) atoms. The first kappa shape index (κ1) is 7.54. The fourth-order valence-corrected chi connectivity index (χ4v) is 1.01. The summed E-state index contributed by atoms with van der Waals surface area (Å²) >= 11 is 3.19. The summed E-state index contributed by atoms with van der Waals surface area (Å²) in [7, 11) is 0. The van der Waals surface area contributed by atoms with Gasteiger partial charge in [0, 0.05) is 6.07 Å². The van der Waals surface area contributed by atoms with Gasteiger partial charge in [0.1, 0.15) is 5.76 Å². The van der Waals surface area contributed by atoms with E-state index in [1.54, 1.807) is 0 Å². The van der Waals surface area contributed by atoms with Crippen molar-refractivity contribution in [3.05, 3.63) is 33.9 Å². The number of hydrogen-bond donors (Lipinski definition) is 0. The fraction of sp³-hybridized carbons (Fsp3) is 0.286. The van der Waals surface area contributed by atoms with Crippen molar-refractivity contribution < 1.29 is 4.42 Å². The first-order valence-corrected chi connectivity index (χ1v) is 4.01. The average Bonchev–Trinajstić information content (AvgIpc) is 1.85. The second-order valence-electron chi connectivity index (χ2n) is 2.05. The lowest BCUT2D eigenvalue weighted by molar-refractivity contribution is 0.476. The van der Waals surface area contributed by atoms with E-state index in [1.807, 2.05) is 13.0 Å². The van der Waals surface area contributed by atoms with Gasteiger partial charge in [0.15, 0.2) is 0 Å². The van der Waals surface area contributed by atoms with Gasteiger partial charge in [-0.25, -0.2) is 4.79 Å². The molecule has 0 atom stereocenters. The highest BCUT2D eigenvalue weighted by atomic mass is 79.9. The van der Waals surface area contributed by atoms with Crippen LogP contribution in [-0.2, 0) is 5.33 Å². The van der Waals surface area contributed by atoms with Crippen molar-refractivity contribution in [2.75, 3.05) is 0 Å². The highest BCUT2D eigenvalue weighted by Crippen LogP contribution is 2.03. The minimum Gasteiger partial charge on any atom is -0.427 e. The fourth-order valence-electron chi connectivity index (χ4n) is 0.735. The van der Waals surface area contributed by atoms with Crippen molar-refractivity contribution >= 4 is 15.9 Å². The van der Waals surface area contributed by atoms with Crippen molar-refractivity contribution in [3.8, 4) is 0 Å². The third-order valence-corrected chi connectivity index (χ3v) is 1.65.